The van der Waals surface area contributed by atoms with Gasteiger partial charge in [-0.2, -0.15) is 18.4 Å². The molecule has 15 heteroatoms. The number of hydrogen-bond donors (Lipinski definition) is 2. The average Bonchev–Trinajstić information content (AvgIpc) is 3.73. The van der Waals surface area contributed by atoms with Gasteiger partial charge in [-0.15, -0.1) is 16.4 Å². The van der Waals surface area contributed by atoms with Gasteiger partial charge < -0.3 is 15.5 Å². The third-order valence-electron chi connectivity index (χ3n) is 7.94. The van der Waals surface area contributed by atoms with Gasteiger partial charge >= 0.3 is 6.18 Å². The highest BCUT2D eigenvalue weighted by Crippen LogP contribution is 2.41. The van der Waals surface area contributed by atoms with Crippen molar-refractivity contribution in [2.24, 2.45) is 0 Å². The van der Waals surface area contributed by atoms with Gasteiger partial charge in [-0.3, -0.25) is 4.98 Å². The first-order chi connectivity index (χ1) is 22.0. The second kappa shape index (κ2) is 13.0. The van der Waals surface area contributed by atoms with Crippen molar-refractivity contribution in [1.29, 1.82) is 5.26 Å². The summed E-state index contributed by atoms with van der Waals surface area (Å²) in [6, 6.07) is 11.2. The molecule has 0 saturated carbocycles. The molecular formula is C31H26Cl2F4N8S. The summed E-state index contributed by atoms with van der Waals surface area (Å²) in [7, 11) is 0. The van der Waals surface area contributed by atoms with Crippen LogP contribution >= 0.6 is 34.5 Å². The van der Waals surface area contributed by atoms with Crippen LogP contribution in [0.3, 0.4) is 0 Å². The monoisotopic (exact) mass is 688 g/mol. The summed E-state index contributed by atoms with van der Waals surface area (Å²) >= 11 is 13.3. The van der Waals surface area contributed by atoms with Gasteiger partial charge in [0.1, 0.15) is 28.5 Å². The molecule has 3 aromatic heterocycles. The normalized spacial score (nSPS) is 15.2. The number of nitrogens with zero attached hydrogens (tertiary/aromatic N) is 6. The predicted molar refractivity (Wildman–Crippen MR) is 171 cm³/mol. The minimum Gasteiger partial charge on any atom is -0.372 e. The zero-order valence-electron chi connectivity index (χ0n) is 24.2. The first-order valence-corrected chi connectivity index (χ1v) is 15.9. The molecule has 8 nitrogen and oxygen atoms in total. The Kier molecular flexibility index (Phi) is 9.07. The largest absolute Gasteiger partial charge is 0.425 e. The molecule has 2 N–H and O–H groups in total. The Balaban J connectivity index is 1.40. The zero-order valence-corrected chi connectivity index (χ0v) is 26.6. The number of alkyl halides is 3. The number of fused-ring (bicyclic) bond motifs is 1. The number of thiophene rings is 1. The number of aromatic nitrogens is 4. The highest BCUT2D eigenvalue weighted by Gasteiger charge is 2.34. The van der Waals surface area contributed by atoms with Gasteiger partial charge in [-0.05, 0) is 61.9 Å². The SMILES string of the molecule is CCN1CCC(n2cc(C(Nc3cc(Cl)c4ncc(C#N)c(Nc5ccc(F)c(Cl)c5)c4c3)c3ccc(C(F)(F)F)s3)nn2)CC1. The highest BCUT2D eigenvalue weighted by molar-refractivity contribution is 7.12. The van der Waals surface area contributed by atoms with E-state index in [1.807, 2.05) is 0 Å². The van der Waals surface area contributed by atoms with Crippen LogP contribution in [-0.4, -0.2) is 44.5 Å². The molecule has 2 aromatic carbocycles. The molecule has 5 aromatic rings. The van der Waals surface area contributed by atoms with E-state index >= 15 is 0 Å². The van der Waals surface area contributed by atoms with E-state index in [4.69, 9.17) is 23.2 Å². The predicted octanol–water partition coefficient (Wildman–Crippen LogP) is 8.83. The van der Waals surface area contributed by atoms with Crippen LogP contribution in [0.4, 0.5) is 34.6 Å². The van der Waals surface area contributed by atoms with Gasteiger partial charge in [-0.1, -0.05) is 35.3 Å². The molecule has 4 heterocycles. The van der Waals surface area contributed by atoms with Crippen LogP contribution in [0, 0.1) is 17.1 Å². The molecule has 1 saturated heterocycles. The fourth-order valence-corrected chi connectivity index (χ4v) is 6.89. The van der Waals surface area contributed by atoms with Crippen molar-refractivity contribution in [1.82, 2.24) is 24.9 Å². The van der Waals surface area contributed by atoms with Crippen molar-refractivity contribution >= 4 is 62.5 Å². The minimum atomic E-state index is -4.51. The molecule has 1 unspecified atom stereocenters. The molecule has 1 aliphatic heterocycles. The van der Waals surface area contributed by atoms with Gasteiger partial charge in [-0.25, -0.2) is 9.07 Å². The van der Waals surface area contributed by atoms with Gasteiger partial charge in [0.15, 0.2) is 0 Å². The molecule has 0 aliphatic carbocycles. The molecule has 0 amide bonds. The smallest absolute Gasteiger partial charge is 0.372 e. The summed E-state index contributed by atoms with van der Waals surface area (Å²) in [5.74, 6) is -0.599. The molecular weight excluding hydrogens is 663 g/mol. The molecule has 1 atom stereocenters. The maximum absolute atomic E-state index is 13.8. The van der Waals surface area contributed by atoms with Crippen molar-refractivity contribution in [2.45, 2.75) is 38.0 Å². The summed E-state index contributed by atoms with van der Waals surface area (Å²) in [6.07, 6.45) is 0.407. The number of halogens is 6. The molecule has 0 bridgehead atoms. The number of nitrogens with one attached hydrogen (secondary N) is 2. The summed E-state index contributed by atoms with van der Waals surface area (Å²) in [5.41, 5.74) is 2.20. The number of rotatable bonds is 8. The molecule has 0 spiro atoms. The Bertz CT molecular complexity index is 1930. The summed E-state index contributed by atoms with van der Waals surface area (Å²) < 4.78 is 56.5. The number of piperidine rings is 1. The Hall–Kier alpha value is -3.96. The Labute approximate surface area is 275 Å². The zero-order chi connectivity index (χ0) is 32.6. The van der Waals surface area contributed by atoms with Gasteiger partial charge in [0.2, 0.25) is 0 Å². The van der Waals surface area contributed by atoms with Crippen LogP contribution in [0.2, 0.25) is 10.0 Å². The highest BCUT2D eigenvalue weighted by atomic mass is 35.5. The fraction of sp³-hybridized carbons (Fsp3) is 0.290. The molecule has 1 fully saturated rings. The van der Waals surface area contributed by atoms with Crippen LogP contribution in [-0.2, 0) is 6.18 Å². The van der Waals surface area contributed by atoms with E-state index < -0.39 is 22.9 Å². The van der Waals surface area contributed by atoms with Gasteiger partial charge in [0.05, 0.1) is 39.1 Å². The van der Waals surface area contributed by atoms with Gasteiger partial charge in [0, 0.05) is 40.9 Å². The summed E-state index contributed by atoms with van der Waals surface area (Å²) in [5, 5.41) is 25.6. The quantitative estimate of drug-likeness (QED) is 0.157. The first kappa shape index (κ1) is 32.0. The summed E-state index contributed by atoms with van der Waals surface area (Å²) in [6.45, 7) is 4.93. The van der Waals surface area contributed by atoms with E-state index in [0.717, 1.165) is 38.5 Å². The molecule has 46 heavy (non-hydrogen) atoms. The number of likely N-dealkylation sites (tertiary alicyclic amines) is 1. The summed E-state index contributed by atoms with van der Waals surface area (Å²) in [4.78, 5) is 6.35. The van der Waals surface area contributed by atoms with Crippen LogP contribution < -0.4 is 10.6 Å². The lowest BCUT2D eigenvalue weighted by atomic mass is 10.1. The Morgan fingerprint density at radius 3 is 2.52 bits per heavy atom. The number of benzene rings is 2. The van der Waals surface area contributed by atoms with Crippen molar-refractivity contribution < 1.29 is 17.6 Å². The van der Waals surface area contributed by atoms with Crippen molar-refractivity contribution in [3.8, 4) is 6.07 Å². The third kappa shape index (κ3) is 6.62. The van der Waals surface area contributed by atoms with E-state index in [-0.39, 0.29) is 21.7 Å². The van der Waals surface area contributed by atoms with E-state index in [1.54, 1.807) is 23.0 Å². The second-order valence-corrected chi connectivity index (χ2v) is 12.8. The molecule has 6 rings (SSSR count). The van der Waals surface area contributed by atoms with Crippen LogP contribution in [0.5, 0.6) is 0 Å². The number of anilines is 3. The van der Waals surface area contributed by atoms with Crippen LogP contribution in [0.25, 0.3) is 10.9 Å². The van der Waals surface area contributed by atoms with E-state index in [2.05, 4.69) is 43.8 Å². The number of pyridine rings is 1. The first-order valence-electron chi connectivity index (χ1n) is 14.4. The Morgan fingerprint density at radius 1 is 1.09 bits per heavy atom. The van der Waals surface area contributed by atoms with Crippen LogP contribution in [0.1, 0.15) is 52.9 Å². The lowest BCUT2D eigenvalue weighted by Crippen LogP contribution is -2.34. The van der Waals surface area contributed by atoms with Crippen molar-refractivity contribution in [3.05, 3.63) is 91.7 Å². The Morgan fingerprint density at radius 2 is 1.85 bits per heavy atom. The number of nitriles is 1. The second-order valence-electron chi connectivity index (χ2n) is 10.8. The standard InChI is InChI=1S/C31H26Cl2F4N8S/c1-2-44-9-7-20(8-10-44)45-16-25(42-43-45)30(26-5-6-27(46-26)31(35,36)37)41-19-11-21-28(40-18-3-4-24(34)22(32)12-18)17(14-38)15-39-29(21)23(33)13-19/h3-6,11-13,15-16,20,30,41H,2,7-10H2,1H3,(H,39,40). The van der Waals surface area contributed by atoms with Crippen LogP contribution in [0.15, 0.2) is 54.9 Å². The lowest BCUT2D eigenvalue weighted by molar-refractivity contribution is -0.134. The maximum atomic E-state index is 13.8. The van der Waals surface area contributed by atoms with E-state index in [1.165, 1.54) is 30.5 Å². The van der Waals surface area contributed by atoms with E-state index in [0.29, 0.717) is 49.9 Å². The third-order valence-corrected chi connectivity index (χ3v) is 9.71. The minimum absolute atomic E-state index is 0.108. The lowest BCUT2D eigenvalue weighted by Gasteiger charge is -2.30. The molecule has 0 radical (unpaired) electrons. The fourth-order valence-electron chi connectivity index (χ4n) is 5.50. The van der Waals surface area contributed by atoms with E-state index in [9.17, 15) is 22.8 Å². The topological polar surface area (TPSA) is 94.7 Å². The van der Waals surface area contributed by atoms with Gasteiger partial charge in [0.25, 0.3) is 0 Å². The average molecular weight is 690 g/mol. The maximum Gasteiger partial charge on any atom is 0.425 e. The number of hydrogen-bond acceptors (Lipinski definition) is 8. The molecule has 238 valence electrons. The van der Waals surface area contributed by atoms with Crippen molar-refractivity contribution in [3.63, 3.8) is 0 Å². The van der Waals surface area contributed by atoms with Crippen molar-refractivity contribution in [2.75, 3.05) is 30.3 Å². The molecule has 1 aliphatic rings.